The normalized spacial score (nSPS) is 12.5. The topological polar surface area (TPSA) is 38.1 Å². The first-order valence-corrected chi connectivity index (χ1v) is 6.39. The molecular weight excluding hydrogens is 236 g/mol. The van der Waals surface area contributed by atoms with Crippen LogP contribution in [0.2, 0.25) is 0 Å². The molecule has 0 spiro atoms. The fourth-order valence-electron chi connectivity index (χ4n) is 2.23. The van der Waals surface area contributed by atoms with Crippen molar-refractivity contribution in [2.75, 3.05) is 5.32 Å². The van der Waals surface area contributed by atoms with Gasteiger partial charge in [-0.2, -0.15) is 0 Å². The lowest BCUT2D eigenvalue weighted by Crippen LogP contribution is -2.06. The van der Waals surface area contributed by atoms with Crippen LogP contribution in [0.15, 0.2) is 53.3 Å². The van der Waals surface area contributed by atoms with Crippen molar-refractivity contribution < 1.29 is 4.42 Å². The Morgan fingerprint density at radius 3 is 2.89 bits per heavy atom. The van der Waals surface area contributed by atoms with Crippen LogP contribution in [0, 0.1) is 6.92 Å². The fourth-order valence-corrected chi connectivity index (χ4v) is 2.23. The Balaban J connectivity index is 1.98. The second kappa shape index (κ2) is 4.76. The smallest absolute Gasteiger partial charge is 0.125 e. The third kappa shape index (κ3) is 2.32. The molecule has 1 unspecified atom stereocenters. The van der Waals surface area contributed by atoms with E-state index in [1.807, 2.05) is 30.5 Å². The molecule has 0 amide bonds. The van der Waals surface area contributed by atoms with Gasteiger partial charge in [0.25, 0.3) is 0 Å². The first-order valence-electron chi connectivity index (χ1n) is 6.39. The molecule has 0 aliphatic rings. The summed E-state index contributed by atoms with van der Waals surface area (Å²) in [7, 11) is 0. The maximum Gasteiger partial charge on any atom is 0.125 e. The Hall–Kier alpha value is -2.29. The van der Waals surface area contributed by atoms with Crippen LogP contribution in [0.3, 0.4) is 0 Å². The van der Waals surface area contributed by atoms with E-state index in [-0.39, 0.29) is 6.04 Å². The van der Waals surface area contributed by atoms with Gasteiger partial charge in [-0.05, 0) is 44.2 Å². The molecule has 3 nitrogen and oxygen atoms in total. The van der Waals surface area contributed by atoms with Gasteiger partial charge in [0, 0.05) is 17.3 Å². The maximum atomic E-state index is 5.43. The summed E-state index contributed by atoms with van der Waals surface area (Å²) in [5.41, 5.74) is 3.31. The van der Waals surface area contributed by atoms with E-state index in [2.05, 4.69) is 36.3 Å². The van der Waals surface area contributed by atoms with Gasteiger partial charge in [-0.15, -0.1) is 0 Å². The molecule has 96 valence electrons. The lowest BCUT2D eigenvalue weighted by molar-refractivity contribution is 0.491. The molecule has 0 aliphatic carbocycles. The number of aromatic nitrogens is 1. The van der Waals surface area contributed by atoms with Gasteiger partial charge in [-0.1, -0.05) is 11.6 Å². The number of fused-ring (bicyclic) bond motifs is 1. The number of pyridine rings is 1. The molecule has 1 atom stereocenters. The summed E-state index contributed by atoms with van der Waals surface area (Å²) in [5, 5.41) is 4.62. The van der Waals surface area contributed by atoms with Crippen molar-refractivity contribution in [1.82, 2.24) is 4.98 Å². The molecule has 3 heteroatoms. The largest absolute Gasteiger partial charge is 0.467 e. The van der Waals surface area contributed by atoms with Crippen LogP contribution in [-0.2, 0) is 0 Å². The predicted octanol–water partition coefficient (Wildman–Crippen LogP) is 4.31. The first-order chi connectivity index (χ1) is 9.24. The van der Waals surface area contributed by atoms with E-state index >= 15 is 0 Å². The number of benzene rings is 1. The van der Waals surface area contributed by atoms with Crippen LogP contribution in [0.1, 0.15) is 24.3 Å². The highest BCUT2D eigenvalue weighted by Crippen LogP contribution is 2.26. The summed E-state index contributed by atoms with van der Waals surface area (Å²) in [5.74, 6) is 0.928. The molecule has 0 aliphatic heterocycles. The van der Waals surface area contributed by atoms with Gasteiger partial charge in [0.05, 0.1) is 17.8 Å². The third-order valence-electron chi connectivity index (χ3n) is 3.24. The molecule has 19 heavy (non-hydrogen) atoms. The molecule has 1 aromatic carbocycles. The summed E-state index contributed by atoms with van der Waals surface area (Å²) < 4.78 is 5.43. The molecule has 3 rings (SSSR count). The summed E-state index contributed by atoms with van der Waals surface area (Å²) in [6.45, 7) is 4.17. The number of hydrogen-bond acceptors (Lipinski definition) is 3. The maximum absolute atomic E-state index is 5.43. The Bertz CT molecular complexity index is 689. The Kier molecular flexibility index (Phi) is 2.95. The van der Waals surface area contributed by atoms with Gasteiger partial charge in [-0.3, -0.25) is 4.98 Å². The van der Waals surface area contributed by atoms with Crippen LogP contribution < -0.4 is 5.32 Å². The standard InChI is InChI=1S/C16H16N2O/c1-11-5-6-14-13(10-11)15(7-8-17-14)18-12(2)16-4-3-9-19-16/h3-10,12H,1-2H3,(H,17,18). The fraction of sp³-hybridized carbons (Fsp3) is 0.188. The van der Waals surface area contributed by atoms with Gasteiger partial charge in [0.2, 0.25) is 0 Å². The highest BCUT2D eigenvalue weighted by atomic mass is 16.3. The highest BCUT2D eigenvalue weighted by molar-refractivity contribution is 5.91. The summed E-state index contributed by atoms with van der Waals surface area (Å²) in [6.07, 6.45) is 3.52. The zero-order valence-corrected chi connectivity index (χ0v) is 11.1. The van der Waals surface area contributed by atoms with E-state index in [9.17, 15) is 0 Å². The average Bonchev–Trinajstić information content (AvgIpc) is 2.93. The van der Waals surface area contributed by atoms with Crippen LogP contribution in [0.4, 0.5) is 5.69 Å². The molecule has 0 radical (unpaired) electrons. The van der Waals surface area contributed by atoms with Crippen LogP contribution >= 0.6 is 0 Å². The van der Waals surface area contributed by atoms with Crippen molar-refractivity contribution in [1.29, 1.82) is 0 Å². The van der Waals surface area contributed by atoms with Crippen molar-refractivity contribution in [3.8, 4) is 0 Å². The van der Waals surface area contributed by atoms with Crippen molar-refractivity contribution >= 4 is 16.6 Å². The van der Waals surface area contributed by atoms with E-state index in [0.717, 1.165) is 22.4 Å². The SMILES string of the molecule is Cc1ccc2nccc(NC(C)c3ccco3)c2c1. The Morgan fingerprint density at radius 1 is 1.21 bits per heavy atom. The van der Waals surface area contributed by atoms with Gasteiger partial charge in [0.1, 0.15) is 5.76 Å². The molecule has 0 saturated carbocycles. The number of nitrogens with zero attached hydrogens (tertiary/aromatic N) is 1. The van der Waals surface area contributed by atoms with Gasteiger partial charge in [0.15, 0.2) is 0 Å². The summed E-state index contributed by atoms with van der Waals surface area (Å²) >= 11 is 0. The zero-order chi connectivity index (χ0) is 13.2. The second-order valence-corrected chi connectivity index (χ2v) is 4.76. The van der Waals surface area contributed by atoms with Gasteiger partial charge in [-0.25, -0.2) is 0 Å². The number of hydrogen-bond donors (Lipinski definition) is 1. The number of aryl methyl sites for hydroxylation is 1. The highest BCUT2D eigenvalue weighted by Gasteiger charge is 2.10. The first kappa shape index (κ1) is 11.8. The number of nitrogens with one attached hydrogen (secondary N) is 1. The lowest BCUT2D eigenvalue weighted by Gasteiger charge is -2.15. The summed E-state index contributed by atoms with van der Waals surface area (Å²) in [6, 6.07) is 12.3. The second-order valence-electron chi connectivity index (χ2n) is 4.76. The lowest BCUT2D eigenvalue weighted by atomic mass is 10.1. The number of rotatable bonds is 3. The predicted molar refractivity (Wildman–Crippen MR) is 77.2 cm³/mol. The van der Waals surface area contributed by atoms with E-state index in [4.69, 9.17) is 4.42 Å². The number of furan rings is 1. The van der Waals surface area contributed by atoms with E-state index in [1.54, 1.807) is 6.26 Å². The van der Waals surface area contributed by atoms with E-state index in [0.29, 0.717) is 0 Å². The number of anilines is 1. The minimum atomic E-state index is 0.126. The monoisotopic (exact) mass is 252 g/mol. The Labute approximate surface area is 112 Å². The minimum Gasteiger partial charge on any atom is -0.467 e. The molecule has 2 heterocycles. The third-order valence-corrected chi connectivity index (χ3v) is 3.24. The van der Waals surface area contributed by atoms with Gasteiger partial charge >= 0.3 is 0 Å². The molecule has 0 fully saturated rings. The van der Waals surface area contributed by atoms with Crippen molar-refractivity contribution in [2.45, 2.75) is 19.9 Å². The van der Waals surface area contributed by atoms with Crippen molar-refractivity contribution in [3.63, 3.8) is 0 Å². The minimum absolute atomic E-state index is 0.126. The van der Waals surface area contributed by atoms with Gasteiger partial charge < -0.3 is 9.73 Å². The van der Waals surface area contributed by atoms with Crippen molar-refractivity contribution in [3.05, 3.63) is 60.2 Å². The Morgan fingerprint density at radius 2 is 2.11 bits per heavy atom. The molecule has 0 bridgehead atoms. The summed E-state index contributed by atoms with van der Waals surface area (Å²) in [4.78, 5) is 4.39. The van der Waals surface area contributed by atoms with Crippen LogP contribution in [-0.4, -0.2) is 4.98 Å². The van der Waals surface area contributed by atoms with E-state index in [1.165, 1.54) is 5.56 Å². The zero-order valence-electron chi connectivity index (χ0n) is 11.1. The molecule has 3 aromatic rings. The van der Waals surface area contributed by atoms with Crippen LogP contribution in [0.5, 0.6) is 0 Å². The quantitative estimate of drug-likeness (QED) is 0.754. The molecule has 1 N–H and O–H groups in total. The molecule has 0 saturated heterocycles. The van der Waals surface area contributed by atoms with Crippen molar-refractivity contribution in [2.24, 2.45) is 0 Å². The van der Waals surface area contributed by atoms with E-state index < -0.39 is 0 Å². The average molecular weight is 252 g/mol. The van der Waals surface area contributed by atoms with Crippen LogP contribution in [0.25, 0.3) is 10.9 Å². The molecular formula is C16H16N2O. The molecule has 2 aromatic heterocycles.